The molecule has 0 unspecified atom stereocenters. The minimum absolute atomic E-state index is 0.0909. The van der Waals surface area contributed by atoms with E-state index in [9.17, 15) is 14.0 Å². The molecule has 2 rings (SSSR count). The number of rotatable bonds is 5. The highest BCUT2D eigenvalue weighted by atomic mass is 19.1. The van der Waals surface area contributed by atoms with Crippen molar-refractivity contribution < 1.29 is 18.7 Å². The van der Waals surface area contributed by atoms with E-state index in [1.807, 2.05) is 12.1 Å². The molecule has 0 radical (unpaired) electrons. The van der Waals surface area contributed by atoms with Crippen LogP contribution in [-0.4, -0.2) is 30.6 Å². The molecule has 7 heteroatoms. The summed E-state index contributed by atoms with van der Waals surface area (Å²) < 4.78 is 18.2. The number of nitrogens with zero attached hydrogens (tertiary/aromatic N) is 1. The maximum absolute atomic E-state index is 13.7. The fraction of sp³-hybridized carbons (Fsp3) is 0.188. The van der Waals surface area contributed by atoms with Gasteiger partial charge in [0.1, 0.15) is 5.82 Å². The largest absolute Gasteiger partial charge is 0.465 e. The fourth-order valence-corrected chi connectivity index (χ4v) is 1.90. The highest BCUT2D eigenvalue weighted by molar-refractivity contribution is 5.94. The van der Waals surface area contributed by atoms with Gasteiger partial charge in [-0.3, -0.25) is 4.98 Å². The van der Waals surface area contributed by atoms with Crippen molar-refractivity contribution >= 4 is 17.7 Å². The van der Waals surface area contributed by atoms with Gasteiger partial charge in [0.2, 0.25) is 0 Å². The van der Waals surface area contributed by atoms with Gasteiger partial charge in [0.15, 0.2) is 0 Å². The van der Waals surface area contributed by atoms with E-state index in [4.69, 9.17) is 0 Å². The van der Waals surface area contributed by atoms with Crippen molar-refractivity contribution in [2.75, 3.05) is 19.0 Å². The van der Waals surface area contributed by atoms with E-state index in [1.165, 1.54) is 19.2 Å². The Morgan fingerprint density at radius 2 is 2.13 bits per heavy atom. The molecule has 1 aromatic carbocycles. The first kappa shape index (κ1) is 16.4. The molecular weight excluding hydrogens is 301 g/mol. The van der Waals surface area contributed by atoms with Crippen LogP contribution in [0.25, 0.3) is 0 Å². The van der Waals surface area contributed by atoms with Gasteiger partial charge in [0.25, 0.3) is 0 Å². The predicted octanol–water partition coefficient (Wildman–Crippen LogP) is 2.37. The van der Waals surface area contributed by atoms with Crippen molar-refractivity contribution in [1.82, 2.24) is 10.3 Å². The first-order valence-electron chi connectivity index (χ1n) is 6.92. The number of urea groups is 1. The van der Waals surface area contributed by atoms with Gasteiger partial charge in [0, 0.05) is 18.9 Å². The second-order valence-corrected chi connectivity index (χ2v) is 4.68. The number of aromatic nitrogens is 1. The van der Waals surface area contributed by atoms with Crippen molar-refractivity contribution in [2.45, 2.75) is 6.42 Å². The molecule has 0 fully saturated rings. The van der Waals surface area contributed by atoms with Gasteiger partial charge in [-0.05, 0) is 36.2 Å². The Bertz CT molecular complexity index is 692. The van der Waals surface area contributed by atoms with Crippen LogP contribution in [-0.2, 0) is 11.2 Å². The molecule has 0 saturated carbocycles. The Morgan fingerprint density at radius 3 is 2.83 bits per heavy atom. The second-order valence-electron chi connectivity index (χ2n) is 4.68. The molecular formula is C16H16FN3O3. The second kappa shape index (κ2) is 7.88. The smallest absolute Gasteiger partial charge is 0.337 e. The van der Waals surface area contributed by atoms with E-state index >= 15 is 0 Å². The lowest BCUT2D eigenvalue weighted by atomic mass is 10.2. The van der Waals surface area contributed by atoms with Crippen molar-refractivity contribution in [3.8, 4) is 0 Å². The zero-order chi connectivity index (χ0) is 16.7. The van der Waals surface area contributed by atoms with Crippen LogP contribution >= 0.6 is 0 Å². The van der Waals surface area contributed by atoms with Crippen LogP contribution in [0.5, 0.6) is 0 Å². The van der Waals surface area contributed by atoms with Crippen LogP contribution < -0.4 is 10.6 Å². The Hall–Kier alpha value is -2.96. The Kier molecular flexibility index (Phi) is 5.62. The molecule has 1 aromatic heterocycles. The lowest BCUT2D eigenvalue weighted by Gasteiger charge is -2.09. The number of carbonyl (C=O) groups excluding carboxylic acids is 2. The van der Waals surface area contributed by atoms with Crippen LogP contribution in [0.15, 0.2) is 42.7 Å². The SMILES string of the molecule is COC(=O)c1ccc(F)c(NC(=O)NCCc2cccnc2)c1. The summed E-state index contributed by atoms with van der Waals surface area (Å²) in [5.74, 6) is -1.25. The van der Waals surface area contributed by atoms with Crippen molar-refractivity contribution in [2.24, 2.45) is 0 Å². The monoisotopic (exact) mass is 317 g/mol. The Balaban J connectivity index is 1.91. The van der Waals surface area contributed by atoms with Crippen molar-refractivity contribution in [3.63, 3.8) is 0 Å². The quantitative estimate of drug-likeness (QED) is 0.830. The normalized spacial score (nSPS) is 10.0. The molecule has 0 atom stereocenters. The maximum atomic E-state index is 13.7. The van der Waals surface area contributed by atoms with Crippen LogP contribution in [0.2, 0.25) is 0 Å². The van der Waals surface area contributed by atoms with Gasteiger partial charge >= 0.3 is 12.0 Å². The number of pyridine rings is 1. The molecule has 0 spiro atoms. The average molecular weight is 317 g/mol. The molecule has 2 N–H and O–H groups in total. The third-order valence-electron chi connectivity index (χ3n) is 3.06. The average Bonchev–Trinajstić information content (AvgIpc) is 2.57. The van der Waals surface area contributed by atoms with Gasteiger partial charge in [-0.15, -0.1) is 0 Å². The molecule has 23 heavy (non-hydrogen) atoms. The van der Waals surface area contributed by atoms with Gasteiger partial charge < -0.3 is 15.4 Å². The van der Waals surface area contributed by atoms with Gasteiger partial charge in [-0.25, -0.2) is 14.0 Å². The molecule has 0 aliphatic carbocycles. The first-order chi connectivity index (χ1) is 11.1. The number of nitrogens with one attached hydrogen (secondary N) is 2. The third-order valence-corrected chi connectivity index (χ3v) is 3.06. The van der Waals surface area contributed by atoms with Crippen LogP contribution in [0.1, 0.15) is 15.9 Å². The molecule has 2 aromatic rings. The third kappa shape index (κ3) is 4.77. The first-order valence-corrected chi connectivity index (χ1v) is 6.92. The maximum Gasteiger partial charge on any atom is 0.337 e. The highest BCUT2D eigenvalue weighted by Crippen LogP contribution is 2.16. The minimum atomic E-state index is -0.639. The molecule has 0 saturated heterocycles. The number of halogens is 1. The van der Waals surface area contributed by atoms with Gasteiger partial charge in [-0.1, -0.05) is 6.07 Å². The topological polar surface area (TPSA) is 80.3 Å². The summed E-state index contributed by atoms with van der Waals surface area (Å²) in [5, 5.41) is 4.98. The number of ether oxygens (including phenoxy) is 1. The van der Waals surface area contributed by atoms with Gasteiger partial charge in [0.05, 0.1) is 18.4 Å². The van der Waals surface area contributed by atoms with Gasteiger partial charge in [-0.2, -0.15) is 0 Å². The van der Waals surface area contributed by atoms with Crippen LogP contribution in [0.4, 0.5) is 14.9 Å². The number of carbonyl (C=O) groups is 2. The standard InChI is InChI=1S/C16H16FN3O3/c1-23-15(21)12-4-5-13(17)14(9-12)20-16(22)19-8-6-11-3-2-7-18-10-11/h2-5,7,9-10H,6,8H2,1H3,(H2,19,20,22). The van der Waals surface area contributed by atoms with Crippen LogP contribution in [0, 0.1) is 5.82 Å². The molecule has 0 bridgehead atoms. The number of anilines is 1. The minimum Gasteiger partial charge on any atom is -0.465 e. The van der Waals surface area contributed by atoms with E-state index in [2.05, 4.69) is 20.4 Å². The summed E-state index contributed by atoms with van der Waals surface area (Å²) in [4.78, 5) is 27.2. The number of hydrogen-bond acceptors (Lipinski definition) is 4. The zero-order valence-electron chi connectivity index (χ0n) is 12.5. The van der Waals surface area contributed by atoms with E-state index < -0.39 is 17.8 Å². The number of esters is 1. The molecule has 120 valence electrons. The summed E-state index contributed by atoms with van der Waals surface area (Å²) in [6, 6.07) is 6.75. The summed E-state index contributed by atoms with van der Waals surface area (Å²) in [5.41, 5.74) is 1.04. The summed E-state index contributed by atoms with van der Waals surface area (Å²) in [6.07, 6.45) is 3.98. The molecule has 1 heterocycles. The fourth-order valence-electron chi connectivity index (χ4n) is 1.90. The zero-order valence-corrected chi connectivity index (χ0v) is 12.5. The summed E-state index contributed by atoms with van der Waals surface area (Å²) in [6.45, 7) is 0.371. The molecule has 0 aliphatic rings. The van der Waals surface area contributed by atoms with E-state index in [1.54, 1.807) is 12.4 Å². The van der Waals surface area contributed by atoms with E-state index in [-0.39, 0.29) is 11.3 Å². The number of benzene rings is 1. The summed E-state index contributed by atoms with van der Waals surface area (Å²) >= 11 is 0. The number of amides is 2. The van der Waals surface area contributed by atoms with Crippen molar-refractivity contribution in [3.05, 3.63) is 59.7 Å². The Labute approximate surface area is 132 Å². The molecule has 2 amide bonds. The Morgan fingerprint density at radius 1 is 1.30 bits per heavy atom. The predicted molar refractivity (Wildman–Crippen MR) is 82.7 cm³/mol. The van der Waals surface area contributed by atoms with E-state index in [0.717, 1.165) is 11.6 Å². The van der Waals surface area contributed by atoms with Crippen molar-refractivity contribution in [1.29, 1.82) is 0 Å². The molecule has 0 aliphatic heterocycles. The number of hydrogen-bond donors (Lipinski definition) is 2. The lowest BCUT2D eigenvalue weighted by molar-refractivity contribution is 0.0600. The number of methoxy groups -OCH3 is 1. The van der Waals surface area contributed by atoms with Crippen LogP contribution in [0.3, 0.4) is 0 Å². The summed E-state index contributed by atoms with van der Waals surface area (Å²) in [7, 11) is 1.23. The highest BCUT2D eigenvalue weighted by Gasteiger charge is 2.11. The van der Waals surface area contributed by atoms with E-state index in [0.29, 0.717) is 13.0 Å². The lowest BCUT2D eigenvalue weighted by Crippen LogP contribution is -2.30. The molecule has 6 nitrogen and oxygen atoms in total.